The molecule has 24 heavy (non-hydrogen) atoms. The summed E-state index contributed by atoms with van der Waals surface area (Å²) in [5, 5.41) is 3.37. The number of nitrogens with zero attached hydrogens (tertiary/aromatic N) is 1. The third kappa shape index (κ3) is 5.20. The van der Waals surface area contributed by atoms with Gasteiger partial charge in [-0.2, -0.15) is 0 Å². The summed E-state index contributed by atoms with van der Waals surface area (Å²) in [5.41, 5.74) is 1.64. The first-order valence-corrected chi connectivity index (χ1v) is 8.77. The van der Waals surface area contributed by atoms with Crippen molar-refractivity contribution in [2.24, 2.45) is 5.41 Å². The Morgan fingerprint density at radius 1 is 1.38 bits per heavy atom. The summed E-state index contributed by atoms with van der Waals surface area (Å²) in [6.45, 7) is 6.39. The number of likely N-dealkylation sites (tertiary alicyclic amines) is 1. The summed E-state index contributed by atoms with van der Waals surface area (Å²) in [5.74, 6) is 0.274. The van der Waals surface area contributed by atoms with Gasteiger partial charge in [-0.25, -0.2) is 0 Å². The fraction of sp³-hybridized carbons (Fsp3) is 0.632. The molecule has 0 spiro atoms. The van der Waals surface area contributed by atoms with Crippen LogP contribution in [0.2, 0.25) is 0 Å². The third-order valence-electron chi connectivity index (χ3n) is 5.19. The highest BCUT2D eigenvalue weighted by atomic mass is 35.5. The van der Waals surface area contributed by atoms with Crippen LogP contribution in [0.1, 0.15) is 31.7 Å². The highest BCUT2D eigenvalue weighted by Crippen LogP contribution is 2.35. The van der Waals surface area contributed by atoms with Crippen LogP contribution >= 0.6 is 12.4 Å². The zero-order valence-corrected chi connectivity index (χ0v) is 15.3. The van der Waals surface area contributed by atoms with Crippen LogP contribution in [-0.4, -0.2) is 49.7 Å². The van der Waals surface area contributed by atoms with Gasteiger partial charge in [0, 0.05) is 32.1 Å². The van der Waals surface area contributed by atoms with Crippen molar-refractivity contribution < 1.29 is 9.53 Å². The monoisotopic (exact) mass is 352 g/mol. The zero-order chi connectivity index (χ0) is 16.1. The molecule has 0 saturated carbocycles. The van der Waals surface area contributed by atoms with E-state index in [0.717, 1.165) is 45.5 Å². The number of aryl methyl sites for hydroxylation is 1. The first-order valence-electron chi connectivity index (χ1n) is 8.77. The van der Waals surface area contributed by atoms with Gasteiger partial charge in [-0.15, -0.1) is 12.4 Å². The molecule has 0 aliphatic carbocycles. The van der Waals surface area contributed by atoms with Gasteiger partial charge in [0.1, 0.15) is 0 Å². The number of carbonyl (C=O) groups excluding carboxylic acids is 1. The molecule has 1 aromatic carbocycles. The molecule has 2 atom stereocenters. The van der Waals surface area contributed by atoms with E-state index in [1.54, 1.807) is 0 Å². The number of hydrogen-bond donors (Lipinski definition) is 1. The number of morpholine rings is 1. The van der Waals surface area contributed by atoms with Crippen molar-refractivity contribution in [3.8, 4) is 0 Å². The highest BCUT2D eigenvalue weighted by molar-refractivity contribution is 5.85. The Bertz CT molecular complexity index is 519. The smallest absolute Gasteiger partial charge is 0.224 e. The van der Waals surface area contributed by atoms with Crippen LogP contribution < -0.4 is 5.32 Å². The predicted octanol–water partition coefficient (Wildman–Crippen LogP) is 2.66. The Morgan fingerprint density at radius 2 is 2.17 bits per heavy atom. The van der Waals surface area contributed by atoms with E-state index in [9.17, 15) is 4.79 Å². The van der Waals surface area contributed by atoms with Gasteiger partial charge in [0.05, 0.1) is 13.2 Å². The fourth-order valence-electron chi connectivity index (χ4n) is 3.62. The lowest BCUT2D eigenvalue weighted by atomic mass is 9.83. The molecule has 0 radical (unpaired) electrons. The number of rotatable bonds is 5. The van der Waals surface area contributed by atoms with E-state index < -0.39 is 0 Å². The van der Waals surface area contributed by atoms with Gasteiger partial charge in [-0.3, -0.25) is 4.79 Å². The average Bonchev–Trinajstić information content (AvgIpc) is 2.98. The van der Waals surface area contributed by atoms with Crippen LogP contribution in [-0.2, 0) is 16.0 Å². The summed E-state index contributed by atoms with van der Waals surface area (Å²) in [7, 11) is 0. The maximum atomic E-state index is 12.5. The summed E-state index contributed by atoms with van der Waals surface area (Å²) in [6, 6.07) is 10.8. The van der Waals surface area contributed by atoms with Gasteiger partial charge < -0.3 is 15.0 Å². The molecule has 4 nitrogen and oxygen atoms in total. The summed E-state index contributed by atoms with van der Waals surface area (Å²) < 4.78 is 5.44. The molecule has 2 heterocycles. The van der Waals surface area contributed by atoms with E-state index in [0.29, 0.717) is 13.0 Å². The van der Waals surface area contributed by atoms with E-state index in [1.165, 1.54) is 5.56 Å². The van der Waals surface area contributed by atoms with Gasteiger partial charge in [0.2, 0.25) is 5.91 Å². The molecule has 0 aromatic heterocycles. The first kappa shape index (κ1) is 19.2. The van der Waals surface area contributed by atoms with Crippen molar-refractivity contribution in [1.82, 2.24) is 10.2 Å². The molecule has 1 N–H and O–H groups in total. The average molecular weight is 353 g/mol. The van der Waals surface area contributed by atoms with Crippen LogP contribution in [0.25, 0.3) is 0 Å². The van der Waals surface area contributed by atoms with Crippen molar-refractivity contribution in [2.75, 3.05) is 32.8 Å². The first-order chi connectivity index (χ1) is 11.1. The number of ether oxygens (including phenoxy) is 1. The Kier molecular flexibility index (Phi) is 7.08. The largest absolute Gasteiger partial charge is 0.378 e. The quantitative estimate of drug-likeness (QED) is 0.885. The van der Waals surface area contributed by atoms with Crippen LogP contribution in [0, 0.1) is 5.41 Å². The minimum atomic E-state index is 0. The minimum Gasteiger partial charge on any atom is -0.378 e. The molecule has 0 bridgehead atoms. The van der Waals surface area contributed by atoms with Gasteiger partial charge >= 0.3 is 0 Å². The number of hydrogen-bond acceptors (Lipinski definition) is 3. The molecular formula is C19H29ClN2O2. The highest BCUT2D eigenvalue weighted by Gasteiger charge is 2.36. The Hall–Kier alpha value is -1.10. The normalized spacial score (nSPS) is 26.9. The minimum absolute atomic E-state index is 0. The Morgan fingerprint density at radius 3 is 2.88 bits per heavy atom. The summed E-state index contributed by atoms with van der Waals surface area (Å²) in [4.78, 5) is 14.6. The molecule has 3 rings (SSSR count). The lowest BCUT2D eigenvalue weighted by Gasteiger charge is -2.27. The number of benzene rings is 1. The topological polar surface area (TPSA) is 41.6 Å². The molecule has 1 amide bonds. The van der Waals surface area contributed by atoms with E-state index in [2.05, 4.69) is 47.5 Å². The summed E-state index contributed by atoms with van der Waals surface area (Å²) in [6.07, 6.45) is 3.91. The van der Waals surface area contributed by atoms with Gasteiger partial charge in [0.15, 0.2) is 0 Å². The maximum absolute atomic E-state index is 12.5. The molecular weight excluding hydrogens is 324 g/mol. The molecule has 2 fully saturated rings. The van der Waals surface area contributed by atoms with Crippen LogP contribution in [0.5, 0.6) is 0 Å². The van der Waals surface area contributed by atoms with E-state index in [1.807, 2.05) is 0 Å². The second-order valence-electron chi connectivity index (χ2n) is 7.29. The fourth-order valence-corrected chi connectivity index (χ4v) is 3.62. The molecule has 2 saturated heterocycles. The van der Waals surface area contributed by atoms with E-state index >= 15 is 0 Å². The number of nitrogens with one attached hydrogen (secondary N) is 1. The molecule has 2 aliphatic heterocycles. The molecule has 2 unspecified atom stereocenters. The van der Waals surface area contributed by atoms with Crippen LogP contribution in [0.4, 0.5) is 0 Å². The predicted molar refractivity (Wildman–Crippen MR) is 98.5 cm³/mol. The number of amides is 1. The van der Waals surface area contributed by atoms with Gasteiger partial charge in [0.25, 0.3) is 0 Å². The molecule has 134 valence electrons. The van der Waals surface area contributed by atoms with E-state index in [4.69, 9.17) is 4.74 Å². The Balaban J connectivity index is 0.00000208. The van der Waals surface area contributed by atoms with Gasteiger partial charge in [-0.05, 0) is 30.2 Å². The van der Waals surface area contributed by atoms with Crippen molar-refractivity contribution in [3.63, 3.8) is 0 Å². The zero-order valence-electron chi connectivity index (χ0n) is 14.5. The SMILES string of the molecule is CC1(CCc2ccccc2)CCN(C(=O)CC2COCCN2)C1.Cl. The molecule has 5 heteroatoms. The van der Waals surface area contributed by atoms with Gasteiger partial charge in [-0.1, -0.05) is 37.3 Å². The second kappa shape index (κ2) is 8.84. The second-order valence-corrected chi connectivity index (χ2v) is 7.29. The van der Waals surface area contributed by atoms with Crippen molar-refractivity contribution >= 4 is 18.3 Å². The van der Waals surface area contributed by atoms with Crippen molar-refractivity contribution in [2.45, 2.75) is 38.6 Å². The Labute approximate surface area is 151 Å². The summed E-state index contributed by atoms with van der Waals surface area (Å²) >= 11 is 0. The van der Waals surface area contributed by atoms with E-state index in [-0.39, 0.29) is 29.8 Å². The number of carbonyl (C=O) groups is 1. The molecule has 1 aromatic rings. The van der Waals surface area contributed by atoms with Crippen LogP contribution in [0.15, 0.2) is 30.3 Å². The van der Waals surface area contributed by atoms with Crippen molar-refractivity contribution in [3.05, 3.63) is 35.9 Å². The van der Waals surface area contributed by atoms with Crippen LogP contribution in [0.3, 0.4) is 0 Å². The number of halogens is 1. The molecule has 2 aliphatic rings. The third-order valence-corrected chi connectivity index (χ3v) is 5.19. The van der Waals surface area contributed by atoms with Crippen molar-refractivity contribution in [1.29, 1.82) is 0 Å². The standard InChI is InChI=1S/C19H28N2O2.ClH/c1-19(8-7-16-5-3-2-4-6-16)9-11-21(15-19)18(22)13-17-14-23-12-10-20-17;/h2-6,17,20H,7-15H2,1H3;1H. The lowest BCUT2D eigenvalue weighted by molar-refractivity contribution is -0.131. The maximum Gasteiger partial charge on any atom is 0.224 e. The lowest BCUT2D eigenvalue weighted by Crippen LogP contribution is -2.45.